The van der Waals surface area contributed by atoms with Gasteiger partial charge in [0.1, 0.15) is 5.75 Å². The van der Waals surface area contributed by atoms with Crippen molar-refractivity contribution in [1.29, 1.82) is 0 Å². The summed E-state index contributed by atoms with van der Waals surface area (Å²) in [5.74, 6) is 0.156. The molecule has 5 rings (SSSR count). The zero-order chi connectivity index (χ0) is 23.4. The zero-order valence-corrected chi connectivity index (χ0v) is 21.6. The lowest BCUT2D eigenvalue weighted by atomic mass is 9.79. The van der Waals surface area contributed by atoms with Gasteiger partial charge in [0, 0.05) is 41.5 Å². The maximum atomic E-state index is 10.7. The minimum absolute atomic E-state index is 0. The number of hydrogen-bond acceptors (Lipinski definition) is 8. The molecule has 1 aliphatic heterocycles. The molecule has 8 nitrogen and oxygen atoms in total. The van der Waals surface area contributed by atoms with E-state index in [-0.39, 0.29) is 29.2 Å². The number of rotatable bonds is 4. The molecule has 1 saturated heterocycles. The third-order valence-electron chi connectivity index (χ3n) is 6.24. The van der Waals surface area contributed by atoms with Crippen molar-refractivity contribution in [3.8, 4) is 28.1 Å². The van der Waals surface area contributed by atoms with E-state index in [4.69, 9.17) is 9.97 Å². The van der Waals surface area contributed by atoms with Crippen molar-refractivity contribution >= 4 is 39.4 Å². The van der Waals surface area contributed by atoms with Gasteiger partial charge in [-0.15, -0.1) is 12.4 Å². The van der Waals surface area contributed by atoms with Crippen molar-refractivity contribution in [3.05, 3.63) is 36.8 Å². The predicted molar refractivity (Wildman–Crippen MR) is 140 cm³/mol. The van der Waals surface area contributed by atoms with E-state index in [2.05, 4.69) is 60.1 Å². The van der Waals surface area contributed by atoms with Crippen LogP contribution in [0.15, 0.2) is 36.8 Å². The number of H-pyrrole nitrogens is 1. The maximum absolute atomic E-state index is 10.7. The third kappa shape index (κ3) is 4.73. The van der Waals surface area contributed by atoms with Crippen LogP contribution < -0.4 is 10.2 Å². The summed E-state index contributed by atoms with van der Waals surface area (Å²) in [4.78, 5) is 17.1. The van der Waals surface area contributed by atoms with Gasteiger partial charge in [-0.25, -0.2) is 9.97 Å². The minimum atomic E-state index is 0. The number of phenols is 1. The van der Waals surface area contributed by atoms with Crippen molar-refractivity contribution < 1.29 is 5.11 Å². The fourth-order valence-electron chi connectivity index (χ4n) is 5.03. The first-order valence-electron chi connectivity index (χ1n) is 11.1. The van der Waals surface area contributed by atoms with Gasteiger partial charge in [0.15, 0.2) is 15.6 Å². The highest BCUT2D eigenvalue weighted by molar-refractivity contribution is 7.21. The van der Waals surface area contributed by atoms with Crippen LogP contribution in [-0.2, 0) is 0 Å². The average molecular weight is 500 g/mol. The normalized spacial score (nSPS) is 17.4. The summed E-state index contributed by atoms with van der Waals surface area (Å²) in [6.07, 6.45) is 7.26. The van der Waals surface area contributed by atoms with Crippen LogP contribution in [0.2, 0.25) is 0 Å². The Morgan fingerprint density at radius 2 is 1.79 bits per heavy atom. The van der Waals surface area contributed by atoms with E-state index in [0.29, 0.717) is 22.9 Å². The molecule has 0 saturated carbocycles. The molecule has 0 bridgehead atoms. The molecular formula is C24H30ClN7OS. The summed E-state index contributed by atoms with van der Waals surface area (Å²) in [5.41, 5.74) is 3.81. The third-order valence-corrected chi connectivity index (χ3v) is 7.26. The molecule has 1 fully saturated rings. The van der Waals surface area contributed by atoms with E-state index in [1.165, 1.54) is 0 Å². The summed E-state index contributed by atoms with van der Waals surface area (Å²) in [6, 6.07) is 5.90. The lowest BCUT2D eigenvalue weighted by Gasteiger charge is -2.48. The minimum Gasteiger partial charge on any atom is -0.507 e. The van der Waals surface area contributed by atoms with Gasteiger partial charge >= 0.3 is 0 Å². The molecule has 0 amide bonds. The molecule has 3 aromatic heterocycles. The van der Waals surface area contributed by atoms with Gasteiger partial charge in [-0.05, 0) is 58.2 Å². The van der Waals surface area contributed by atoms with Gasteiger partial charge in [0.05, 0.1) is 18.1 Å². The second kappa shape index (κ2) is 8.79. The van der Waals surface area contributed by atoms with E-state index >= 15 is 0 Å². The summed E-state index contributed by atoms with van der Waals surface area (Å²) in [5, 5.41) is 22.1. The molecule has 3 N–H and O–H groups in total. The van der Waals surface area contributed by atoms with Crippen molar-refractivity contribution in [2.45, 2.75) is 57.7 Å². The molecule has 0 radical (unpaired) electrons. The molecule has 34 heavy (non-hydrogen) atoms. The van der Waals surface area contributed by atoms with Crippen LogP contribution in [0, 0.1) is 0 Å². The second-order valence-electron chi connectivity index (χ2n) is 10.2. The largest absolute Gasteiger partial charge is 0.507 e. The van der Waals surface area contributed by atoms with E-state index in [1.807, 2.05) is 12.1 Å². The number of anilines is 1. The molecule has 180 valence electrons. The Morgan fingerprint density at radius 1 is 1.06 bits per heavy atom. The predicted octanol–water partition coefficient (Wildman–Crippen LogP) is 5.02. The maximum Gasteiger partial charge on any atom is 0.191 e. The number of halogens is 1. The van der Waals surface area contributed by atoms with Crippen molar-refractivity contribution in [1.82, 2.24) is 30.5 Å². The molecular weight excluding hydrogens is 470 g/mol. The highest BCUT2D eigenvalue weighted by atomic mass is 35.5. The van der Waals surface area contributed by atoms with Gasteiger partial charge in [0.2, 0.25) is 0 Å². The van der Waals surface area contributed by atoms with Gasteiger partial charge in [-0.2, -0.15) is 10.1 Å². The van der Waals surface area contributed by atoms with Crippen LogP contribution in [0.3, 0.4) is 0 Å². The van der Waals surface area contributed by atoms with E-state index in [1.54, 1.807) is 36.0 Å². The molecule has 1 aromatic carbocycles. The van der Waals surface area contributed by atoms with Gasteiger partial charge in [-0.3, -0.25) is 5.10 Å². The number of aromatic amines is 1. The number of piperidine rings is 1. The van der Waals surface area contributed by atoms with E-state index in [9.17, 15) is 5.11 Å². The molecule has 10 heteroatoms. The van der Waals surface area contributed by atoms with Crippen LogP contribution in [0.1, 0.15) is 40.5 Å². The Morgan fingerprint density at radius 3 is 2.44 bits per heavy atom. The Bertz CT molecular complexity index is 1290. The number of benzene rings is 1. The SMILES string of the molecule is CN(c1nc2ncc(-c3ccc(-c4cn[nH]c4)cc3O)nc2s1)C1CC(C)(C)NC(C)(C)C1.Cl. The lowest BCUT2D eigenvalue weighted by Crippen LogP contribution is -2.61. The number of hydrogen-bond donors (Lipinski definition) is 3. The molecule has 0 spiro atoms. The fourth-order valence-corrected chi connectivity index (χ4v) is 5.96. The summed E-state index contributed by atoms with van der Waals surface area (Å²) in [6.45, 7) is 9.03. The van der Waals surface area contributed by atoms with Crippen molar-refractivity contribution in [3.63, 3.8) is 0 Å². The first kappa shape index (κ1) is 24.4. The van der Waals surface area contributed by atoms with Gasteiger partial charge < -0.3 is 15.3 Å². The van der Waals surface area contributed by atoms with Crippen LogP contribution in [0.25, 0.3) is 32.9 Å². The Labute approximate surface area is 209 Å². The summed E-state index contributed by atoms with van der Waals surface area (Å²) >= 11 is 1.54. The van der Waals surface area contributed by atoms with Gasteiger partial charge in [-0.1, -0.05) is 17.4 Å². The highest BCUT2D eigenvalue weighted by Gasteiger charge is 2.39. The topological polar surface area (TPSA) is 103 Å². The molecule has 0 unspecified atom stereocenters. The fraction of sp³-hybridized carbons (Fsp3) is 0.417. The van der Waals surface area contributed by atoms with Crippen molar-refractivity contribution in [2.24, 2.45) is 0 Å². The van der Waals surface area contributed by atoms with Crippen LogP contribution in [0.4, 0.5) is 5.13 Å². The quantitative estimate of drug-likeness (QED) is 0.362. The number of nitrogens with one attached hydrogen (secondary N) is 2. The monoisotopic (exact) mass is 499 g/mol. The number of fused-ring (bicyclic) bond motifs is 1. The first-order valence-corrected chi connectivity index (χ1v) is 11.9. The number of aromatic hydroxyl groups is 1. The summed E-state index contributed by atoms with van der Waals surface area (Å²) < 4.78 is 0. The average Bonchev–Trinajstić information content (AvgIpc) is 3.40. The molecule has 4 aromatic rings. The molecule has 0 aliphatic carbocycles. The summed E-state index contributed by atoms with van der Waals surface area (Å²) in [7, 11) is 2.11. The number of aromatic nitrogens is 5. The number of thiazole rings is 1. The van der Waals surface area contributed by atoms with E-state index in [0.717, 1.165) is 33.9 Å². The van der Waals surface area contributed by atoms with Crippen LogP contribution in [0.5, 0.6) is 5.75 Å². The number of nitrogens with zero attached hydrogens (tertiary/aromatic N) is 5. The first-order chi connectivity index (χ1) is 15.6. The zero-order valence-electron chi connectivity index (χ0n) is 20.0. The molecule has 1 aliphatic rings. The van der Waals surface area contributed by atoms with Gasteiger partial charge in [0.25, 0.3) is 0 Å². The number of phenolic OH excluding ortho intramolecular Hbond substituents is 1. The smallest absolute Gasteiger partial charge is 0.191 e. The molecule has 4 heterocycles. The Hall–Kier alpha value is -2.75. The Kier molecular flexibility index (Phi) is 6.30. The molecule has 0 atom stereocenters. The standard InChI is InChI=1S/C24H29N7OS.ClH/c1-23(2)9-16(10-24(3,4)30-23)31(5)22-29-20-21(33-22)28-18(13-25-20)17-7-6-14(8-19(17)32)15-11-26-27-12-15;/h6-8,11-13,16,30,32H,9-10H2,1-5H3,(H,26,27);1H. The highest BCUT2D eigenvalue weighted by Crippen LogP contribution is 2.37. The lowest BCUT2D eigenvalue weighted by molar-refractivity contribution is 0.161. The van der Waals surface area contributed by atoms with E-state index < -0.39 is 0 Å². The Balaban J connectivity index is 0.00000274. The van der Waals surface area contributed by atoms with Crippen molar-refractivity contribution in [2.75, 3.05) is 11.9 Å². The van der Waals surface area contributed by atoms with Crippen LogP contribution in [-0.4, -0.2) is 54.4 Å². The van der Waals surface area contributed by atoms with Crippen LogP contribution >= 0.6 is 23.7 Å². The second-order valence-corrected chi connectivity index (χ2v) is 11.1.